The van der Waals surface area contributed by atoms with E-state index in [1.165, 1.54) is 0 Å². The topological polar surface area (TPSA) is 38.7 Å². The van der Waals surface area contributed by atoms with Gasteiger partial charge in [-0.2, -0.15) is 0 Å². The van der Waals surface area contributed by atoms with E-state index in [1.807, 2.05) is 43.3 Å². The highest BCUT2D eigenvalue weighted by Gasteiger charge is 2.17. The summed E-state index contributed by atoms with van der Waals surface area (Å²) in [5.41, 5.74) is 2.76. The number of fused-ring (bicyclic) bond motifs is 1. The molecule has 0 aromatic heterocycles. The zero-order valence-electron chi connectivity index (χ0n) is 11.1. The minimum absolute atomic E-state index is 0.544. The Morgan fingerprint density at radius 3 is 2.50 bits per heavy atom. The summed E-state index contributed by atoms with van der Waals surface area (Å²) in [6.45, 7) is 3.12. The predicted octanol–water partition coefficient (Wildman–Crippen LogP) is 3.61. The Morgan fingerprint density at radius 2 is 1.75 bits per heavy atom. The van der Waals surface area contributed by atoms with Gasteiger partial charge in [-0.05, 0) is 47.9 Å². The number of benzene rings is 2. The summed E-state index contributed by atoms with van der Waals surface area (Å²) >= 11 is 3.46. The zero-order chi connectivity index (χ0) is 14.1. The molecule has 0 radical (unpaired) electrons. The summed E-state index contributed by atoms with van der Waals surface area (Å²) in [5, 5.41) is 10.5. The summed E-state index contributed by atoms with van der Waals surface area (Å²) in [6, 6.07) is 11.5. The molecule has 0 bridgehead atoms. The van der Waals surface area contributed by atoms with Crippen LogP contribution >= 0.6 is 15.9 Å². The normalized spacial score (nSPS) is 14.9. The smallest absolute Gasteiger partial charge is 0.161 e. The summed E-state index contributed by atoms with van der Waals surface area (Å²) in [6.07, 6.45) is -0.679. The average Bonchev–Trinajstić information content (AvgIpc) is 2.45. The van der Waals surface area contributed by atoms with Crippen molar-refractivity contribution in [2.45, 2.75) is 13.0 Å². The fourth-order valence-electron chi connectivity index (χ4n) is 2.34. The van der Waals surface area contributed by atoms with Gasteiger partial charge in [0.2, 0.25) is 0 Å². The molecule has 1 atom stereocenters. The van der Waals surface area contributed by atoms with Crippen molar-refractivity contribution in [1.82, 2.24) is 0 Å². The Balaban J connectivity index is 1.95. The van der Waals surface area contributed by atoms with Gasteiger partial charge in [-0.15, -0.1) is 0 Å². The summed E-state index contributed by atoms with van der Waals surface area (Å²) in [5.74, 6) is 1.43. The third kappa shape index (κ3) is 2.67. The maximum absolute atomic E-state index is 10.5. The van der Waals surface area contributed by atoms with E-state index in [0.29, 0.717) is 19.0 Å². The molecule has 0 fully saturated rings. The first-order valence-corrected chi connectivity index (χ1v) is 7.27. The molecule has 3 rings (SSSR count). The first kappa shape index (κ1) is 13.5. The minimum Gasteiger partial charge on any atom is -0.486 e. The summed E-state index contributed by atoms with van der Waals surface area (Å²) in [4.78, 5) is 0. The van der Waals surface area contributed by atoms with Gasteiger partial charge in [0.15, 0.2) is 11.5 Å². The lowest BCUT2D eigenvalue weighted by molar-refractivity contribution is 0.169. The molecule has 1 heterocycles. The van der Waals surface area contributed by atoms with Crippen molar-refractivity contribution in [3.05, 3.63) is 57.6 Å². The Hall–Kier alpha value is -1.52. The highest BCUT2D eigenvalue weighted by molar-refractivity contribution is 9.10. The molecule has 2 aromatic rings. The molecule has 0 amide bonds. The quantitative estimate of drug-likeness (QED) is 0.911. The van der Waals surface area contributed by atoms with Crippen molar-refractivity contribution in [1.29, 1.82) is 0 Å². The van der Waals surface area contributed by atoms with Gasteiger partial charge >= 0.3 is 0 Å². The van der Waals surface area contributed by atoms with Gasteiger partial charge in [-0.3, -0.25) is 0 Å². The van der Waals surface area contributed by atoms with E-state index < -0.39 is 6.10 Å². The van der Waals surface area contributed by atoms with Gasteiger partial charge in [0.05, 0.1) is 0 Å². The fourth-order valence-corrected chi connectivity index (χ4v) is 2.97. The molecule has 1 aliphatic rings. The number of ether oxygens (including phenoxy) is 2. The highest BCUT2D eigenvalue weighted by atomic mass is 79.9. The molecular formula is C16H15BrO3. The Labute approximate surface area is 126 Å². The monoisotopic (exact) mass is 334 g/mol. The van der Waals surface area contributed by atoms with E-state index in [9.17, 15) is 5.11 Å². The maximum atomic E-state index is 10.5. The van der Waals surface area contributed by atoms with Crippen LogP contribution in [0.4, 0.5) is 0 Å². The van der Waals surface area contributed by atoms with Crippen LogP contribution in [0.1, 0.15) is 22.8 Å². The molecule has 0 spiro atoms. The number of aryl methyl sites for hydroxylation is 1. The van der Waals surface area contributed by atoms with Gasteiger partial charge in [0.25, 0.3) is 0 Å². The lowest BCUT2D eigenvalue weighted by atomic mass is 9.99. The standard InChI is InChI=1S/C16H15BrO3/c1-10-6-12(8-13(17)7-10)16(18)11-2-3-14-15(9-11)20-5-4-19-14/h2-3,6-9,16,18H,4-5H2,1H3. The maximum Gasteiger partial charge on any atom is 0.161 e. The number of halogens is 1. The molecule has 0 saturated heterocycles. The van der Waals surface area contributed by atoms with Crippen LogP contribution in [0.25, 0.3) is 0 Å². The fraction of sp³-hybridized carbons (Fsp3) is 0.250. The second-order valence-corrected chi connectivity index (χ2v) is 5.78. The minimum atomic E-state index is -0.679. The van der Waals surface area contributed by atoms with E-state index in [2.05, 4.69) is 15.9 Å². The first-order valence-electron chi connectivity index (χ1n) is 6.48. The number of aliphatic hydroxyl groups excluding tert-OH is 1. The van der Waals surface area contributed by atoms with Crippen molar-refractivity contribution in [3.63, 3.8) is 0 Å². The SMILES string of the molecule is Cc1cc(Br)cc(C(O)c2ccc3c(c2)OCCO3)c1. The summed E-state index contributed by atoms with van der Waals surface area (Å²) < 4.78 is 12.0. The molecule has 104 valence electrons. The number of hydrogen-bond donors (Lipinski definition) is 1. The van der Waals surface area contributed by atoms with Gasteiger partial charge < -0.3 is 14.6 Å². The molecule has 0 saturated carbocycles. The first-order chi connectivity index (χ1) is 9.63. The van der Waals surface area contributed by atoms with E-state index in [0.717, 1.165) is 26.9 Å². The molecule has 4 heteroatoms. The van der Waals surface area contributed by atoms with Crippen molar-refractivity contribution in [2.24, 2.45) is 0 Å². The molecule has 0 aliphatic carbocycles. The predicted molar refractivity (Wildman–Crippen MR) is 80.4 cm³/mol. The van der Waals surface area contributed by atoms with Crippen LogP contribution < -0.4 is 9.47 Å². The largest absolute Gasteiger partial charge is 0.486 e. The van der Waals surface area contributed by atoms with Crippen LogP contribution in [0, 0.1) is 6.92 Å². The van der Waals surface area contributed by atoms with E-state index in [4.69, 9.17) is 9.47 Å². The van der Waals surface area contributed by atoms with Crippen LogP contribution in [-0.2, 0) is 0 Å². The van der Waals surface area contributed by atoms with E-state index in [-0.39, 0.29) is 0 Å². The van der Waals surface area contributed by atoms with Crippen LogP contribution in [0.3, 0.4) is 0 Å². The molecule has 1 aliphatic heterocycles. The van der Waals surface area contributed by atoms with E-state index >= 15 is 0 Å². The van der Waals surface area contributed by atoms with Gasteiger partial charge in [-0.1, -0.05) is 28.1 Å². The Morgan fingerprint density at radius 1 is 1.00 bits per heavy atom. The second-order valence-electron chi connectivity index (χ2n) is 4.87. The molecule has 20 heavy (non-hydrogen) atoms. The Bertz CT molecular complexity index is 619. The van der Waals surface area contributed by atoms with Gasteiger partial charge in [0, 0.05) is 4.47 Å². The molecule has 3 nitrogen and oxygen atoms in total. The lowest BCUT2D eigenvalue weighted by Gasteiger charge is -2.20. The van der Waals surface area contributed by atoms with Crippen LogP contribution in [0.2, 0.25) is 0 Å². The van der Waals surface area contributed by atoms with Crippen LogP contribution in [0.15, 0.2) is 40.9 Å². The number of rotatable bonds is 2. The molecule has 2 aromatic carbocycles. The zero-order valence-corrected chi connectivity index (χ0v) is 12.7. The van der Waals surface area contributed by atoms with Crippen LogP contribution in [0.5, 0.6) is 11.5 Å². The van der Waals surface area contributed by atoms with E-state index in [1.54, 1.807) is 0 Å². The second kappa shape index (κ2) is 5.46. The molecule has 1 unspecified atom stereocenters. The van der Waals surface area contributed by atoms with Gasteiger partial charge in [-0.25, -0.2) is 0 Å². The summed E-state index contributed by atoms with van der Waals surface area (Å²) in [7, 11) is 0. The van der Waals surface area contributed by atoms with Crippen molar-refractivity contribution in [2.75, 3.05) is 13.2 Å². The number of aliphatic hydroxyl groups is 1. The lowest BCUT2D eigenvalue weighted by Crippen LogP contribution is -2.15. The third-order valence-corrected chi connectivity index (χ3v) is 3.72. The number of hydrogen-bond acceptors (Lipinski definition) is 3. The van der Waals surface area contributed by atoms with Crippen LogP contribution in [-0.4, -0.2) is 18.3 Å². The molecule has 1 N–H and O–H groups in total. The van der Waals surface area contributed by atoms with Gasteiger partial charge in [0.1, 0.15) is 19.3 Å². The Kier molecular flexibility index (Phi) is 3.68. The van der Waals surface area contributed by atoms with Crippen molar-refractivity contribution < 1.29 is 14.6 Å². The van der Waals surface area contributed by atoms with Crippen molar-refractivity contribution in [3.8, 4) is 11.5 Å². The molecular weight excluding hydrogens is 320 g/mol. The van der Waals surface area contributed by atoms with Crippen molar-refractivity contribution >= 4 is 15.9 Å². The third-order valence-electron chi connectivity index (χ3n) is 3.26. The highest BCUT2D eigenvalue weighted by Crippen LogP contribution is 2.34. The average molecular weight is 335 g/mol.